The Balaban J connectivity index is 2.46. The molecule has 0 fully saturated rings. The maximum Gasteiger partial charge on any atom is 0.210 e. The monoisotopic (exact) mass is 251 g/mol. The third-order valence-corrected chi connectivity index (χ3v) is 2.32. The highest BCUT2D eigenvalue weighted by Crippen LogP contribution is 2.09. The van der Waals surface area contributed by atoms with Crippen LogP contribution in [0, 0.1) is 6.92 Å². The Bertz CT molecular complexity index is 380. The molecule has 6 nitrogen and oxygen atoms in total. The number of nitrogens with one attached hydrogen (secondary N) is 2. The first-order chi connectivity index (χ1) is 8.77. The molecule has 100 valence electrons. The third-order valence-electron chi connectivity index (χ3n) is 2.32. The summed E-state index contributed by atoms with van der Waals surface area (Å²) < 4.78 is 5.24. The van der Waals surface area contributed by atoms with Gasteiger partial charge >= 0.3 is 0 Å². The highest BCUT2D eigenvalue weighted by Gasteiger charge is 2.00. The van der Waals surface area contributed by atoms with E-state index in [4.69, 9.17) is 10.6 Å². The summed E-state index contributed by atoms with van der Waals surface area (Å²) in [7, 11) is 0. The van der Waals surface area contributed by atoms with Crippen molar-refractivity contribution in [3.8, 4) is 0 Å². The van der Waals surface area contributed by atoms with E-state index in [0.29, 0.717) is 19.1 Å². The molecule has 0 saturated heterocycles. The van der Waals surface area contributed by atoms with Gasteiger partial charge in [-0.15, -0.1) is 0 Å². The first-order valence-corrected chi connectivity index (χ1v) is 6.05. The van der Waals surface area contributed by atoms with Crippen LogP contribution in [0.2, 0.25) is 0 Å². The highest BCUT2D eigenvalue weighted by atomic mass is 16.5. The molecule has 0 aliphatic rings. The summed E-state index contributed by atoms with van der Waals surface area (Å²) in [6, 6.07) is 3.79. The Morgan fingerprint density at radius 3 is 3.06 bits per heavy atom. The maximum absolute atomic E-state index is 5.42. The average Bonchev–Trinajstić information content (AvgIpc) is 2.39. The van der Waals surface area contributed by atoms with Crippen molar-refractivity contribution in [3.63, 3.8) is 0 Å². The van der Waals surface area contributed by atoms with Gasteiger partial charge in [-0.05, 0) is 32.4 Å². The number of ether oxygens (including phenoxy) is 1. The summed E-state index contributed by atoms with van der Waals surface area (Å²) >= 11 is 0. The zero-order valence-corrected chi connectivity index (χ0v) is 10.9. The SMILES string of the molecule is CCOCCCN=C(NN)Nc1cccnc1C. The number of anilines is 1. The first kappa shape index (κ1) is 14.4. The lowest BCUT2D eigenvalue weighted by Crippen LogP contribution is -2.36. The zero-order chi connectivity index (χ0) is 13.2. The Hall–Kier alpha value is -1.66. The van der Waals surface area contributed by atoms with Gasteiger partial charge in [0.05, 0.1) is 11.4 Å². The number of hydrogen-bond acceptors (Lipinski definition) is 4. The number of rotatable bonds is 6. The Morgan fingerprint density at radius 1 is 1.56 bits per heavy atom. The van der Waals surface area contributed by atoms with E-state index in [0.717, 1.165) is 24.4 Å². The molecular formula is C12H21N5O. The van der Waals surface area contributed by atoms with Crippen LogP contribution in [0.15, 0.2) is 23.3 Å². The molecule has 18 heavy (non-hydrogen) atoms. The smallest absolute Gasteiger partial charge is 0.210 e. The van der Waals surface area contributed by atoms with E-state index < -0.39 is 0 Å². The summed E-state index contributed by atoms with van der Waals surface area (Å²) in [6.45, 7) is 6.00. The normalized spacial score (nSPS) is 11.4. The molecule has 0 bridgehead atoms. The number of guanidine groups is 1. The summed E-state index contributed by atoms with van der Waals surface area (Å²) in [4.78, 5) is 8.49. The largest absolute Gasteiger partial charge is 0.382 e. The molecule has 0 saturated carbocycles. The number of nitrogens with zero attached hydrogens (tertiary/aromatic N) is 2. The van der Waals surface area contributed by atoms with Gasteiger partial charge in [-0.1, -0.05) is 0 Å². The van der Waals surface area contributed by atoms with E-state index in [2.05, 4.69) is 20.7 Å². The fourth-order valence-corrected chi connectivity index (χ4v) is 1.37. The molecule has 0 radical (unpaired) electrons. The van der Waals surface area contributed by atoms with Crippen LogP contribution in [0.25, 0.3) is 0 Å². The van der Waals surface area contributed by atoms with E-state index in [1.807, 2.05) is 26.0 Å². The first-order valence-electron chi connectivity index (χ1n) is 6.05. The molecule has 4 N–H and O–H groups in total. The van der Waals surface area contributed by atoms with E-state index in [1.54, 1.807) is 6.20 Å². The van der Waals surface area contributed by atoms with Gasteiger partial charge in [0.25, 0.3) is 0 Å². The molecule has 6 heteroatoms. The quantitative estimate of drug-likeness (QED) is 0.231. The fourth-order valence-electron chi connectivity index (χ4n) is 1.37. The van der Waals surface area contributed by atoms with Crippen molar-refractivity contribution in [1.29, 1.82) is 0 Å². The second kappa shape index (κ2) is 8.43. The number of hydrazine groups is 1. The lowest BCUT2D eigenvalue weighted by molar-refractivity contribution is 0.146. The summed E-state index contributed by atoms with van der Waals surface area (Å²) in [5.74, 6) is 5.95. The Morgan fingerprint density at radius 2 is 2.39 bits per heavy atom. The van der Waals surface area contributed by atoms with Crippen LogP contribution in [0.5, 0.6) is 0 Å². The lowest BCUT2D eigenvalue weighted by atomic mass is 10.3. The van der Waals surface area contributed by atoms with Gasteiger partial charge in [0.1, 0.15) is 0 Å². The second-order valence-electron chi connectivity index (χ2n) is 3.69. The van der Waals surface area contributed by atoms with Gasteiger partial charge in [-0.2, -0.15) is 0 Å². The topological polar surface area (TPSA) is 84.6 Å². The zero-order valence-electron chi connectivity index (χ0n) is 10.9. The molecule has 1 rings (SSSR count). The van der Waals surface area contributed by atoms with E-state index >= 15 is 0 Å². The molecule has 0 unspecified atom stereocenters. The third kappa shape index (κ3) is 5.11. The van der Waals surface area contributed by atoms with Gasteiger partial charge in [0.15, 0.2) is 0 Å². The summed E-state index contributed by atoms with van der Waals surface area (Å²) in [5, 5.41) is 3.10. The van der Waals surface area contributed by atoms with Crippen LogP contribution in [0.4, 0.5) is 5.69 Å². The molecule has 0 aliphatic heterocycles. The van der Waals surface area contributed by atoms with Gasteiger partial charge in [-0.3, -0.25) is 15.4 Å². The van der Waals surface area contributed by atoms with Gasteiger partial charge < -0.3 is 10.1 Å². The molecule has 0 amide bonds. The number of aryl methyl sites for hydroxylation is 1. The van der Waals surface area contributed by atoms with Crippen LogP contribution in [0.1, 0.15) is 19.0 Å². The van der Waals surface area contributed by atoms with Crippen molar-refractivity contribution in [2.75, 3.05) is 25.1 Å². The molecule has 0 aromatic carbocycles. The molecule has 1 aromatic rings. The fraction of sp³-hybridized carbons (Fsp3) is 0.500. The van der Waals surface area contributed by atoms with Crippen LogP contribution in [0.3, 0.4) is 0 Å². The van der Waals surface area contributed by atoms with Crippen molar-refractivity contribution < 1.29 is 4.74 Å². The van der Waals surface area contributed by atoms with Crippen LogP contribution in [-0.4, -0.2) is 30.7 Å². The van der Waals surface area contributed by atoms with Crippen molar-refractivity contribution in [2.24, 2.45) is 10.8 Å². The molecule has 0 spiro atoms. The summed E-state index contributed by atoms with van der Waals surface area (Å²) in [5.41, 5.74) is 4.32. The molecule has 0 atom stereocenters. The highest BCUT2D eigenvalue weighted by molar-refractivity contribution is 5.93. The van der Waals surface area contributed by atoms with Crippen molar-refractivity contribution >= 4 is 11.6 Å². The number of pyridine rings is 1. The van der Waals surface area contributed by atoms with E-state index in [1.165, 1.54) is 0 Å². The molecule has 0 aliphatic carbocycles. The Labute approximate surface area is 108 Å². The molecule has 1 heterocycles. The average molecular weight is 251 g/mol. The Kier molecular flexibility index (Phi) is 6.75. The molecule has 1 aromatic heterocycles. The number of hydrogen-bond donors (Lipinski definition) is 3. The van der Waals surface area contributed by atoms with Crippen LogP contribution < -0.4 is 16.6 Å². The molecular weight excluding hydrogens is 230 g/mol. The van der Waals surface area contributed by atoms with E-state index in [9.17, 15) is 0 Å². The standard InChI is InChI=1S/C12H21N5O/c1-3-18-9-5-8-15-12(17-13)16-11-6-4-7-14-10(11)2/h4,6-7H,3,5,8-9,13H2,1-2H3,(H2,15,16,17). The minimum absolute atomic E-state index is 0.530. The minimum Gasteiger partial charge on any atom is -0.382 e. The van der Waals surface area contributed by atoms with Gasteiger partial charge in [0.2, 0.25) is 5.96 Å². The maximum atomic E-state index is 5.42. The van der Waals surface area contributed by atoms with Gasteiger partial charge in [0, 0.05) is 26.0 Å². The number of aliphatic imine (C=N–C) groups is 1. The lowest BCUT2D eigenvalue weighted by Gasteiger charge is -2.10. The van der Waals surface area contributed by atoms with Crippen molar-refractivity contribution in [3.05, 3.63) is 24.0 Å². The van der Waals surface area contributed by atoms with E-state index in [-0.39, 0.29) is 0 Å². The predicted octanol–water partition coefficient (Wildman–Crippen LogP) is 1.05. The predicted molar refractivity (Wildman–Crippen MR) is 73.3 cm³/mol. The number of aromatic nitrogens is 1. The number of nitrogens with two attached hydrogens (primary N) is 1. The minimum atomic E-state index is 0.530. The summed E-state index contributed by atoms with van der Waals surface area (Å²) in [6.07, 6.45) is 2.61. The van der Waals surface area contributed by atoms with Crippen LogP contribution in [-0.2, 0) is 4.74 Å². The van der Waals surface area contributed by atoms with Crippen molar-refractivity contribution in [1.82, 2.24) is 10.4 Å². The van der Waals surface area contributed by atoms with Crippen LogP contribution >= 0.6 is 0 Å². The van der Waals surface area contributed by atoms with Gasteiger partial charge in [-0.25, -0.2) is 5.84 Å². The second-order valence-corrected chi connectivity index (χ2v) is 3.69. The van der Waals surface area contributed by atoms with Crippen molar-refractivity contribution in [2.45, 2.75) is 20.3 Å².